The number of benzene rings is 1. The molecule has 0 saturated heterocycles. The Labute approximate surface area is 126 Å². The van der Waals surface area contributed by atoms with Gasteiger partial charge in [0.05, 0.1) is 18.4 Å². The lowest BCUT2D eigenvalue weighted by Crippen LogP contribution is -2.12. The molecule has 0 aliphatic rings. The first-order valence-corrected chi connectivity index (χ1v) is 6.41. The van der Waals surface area contributed by atoms with E-state index < -0.39 is 5.97 Å². The summed E-state index contributed by atoms with van der Waals surface area (Å²) in [5.41, 5.74) is 7.63. The third-order valence-corrected chi connectivity index (χ3v) is 3.29. The van der Waals surface area contributed by atoms with Crippen LogP contribution in [0.25, 0.3) is 11.1 Å². The maximum atomic E-state index is 12.0. The molecular weight excluding hydrogens is 290 g/mol. The topological polar surface area (TPSA) is 89.0 Å². The van der Waals surface area contributed by atoms with Crippen molar-refractivity contribution in [2.45, 2.75) is 6.92 Å². The highest BCUT2D eigenvalue weighted by molar-refractivity contribution is 6.30. The summed E-state index contributed by atoms with van der Waals surface area (Å²) in [6.07, 6.45) is 0. The van der Waals surface area contributed by atoms with Crippen molar-refractivity contribution in [3.05, 3.63) is 46.1 Å². The number of ether oxygens (including phenoxy) is 1. The average molecular weight is 302 g/mol. The summed E-state index contributed by atoms with van der Waals surface area (Å²) in [4.78, 5) is 16.1. The number of carbonyl (C=O) groups excluding carboxylic acids is 1. The smallest absolute Gasteiger partial charge is 0.340 e. The molecule has 0 spiro atoms. The van der Waals surface area contributed by atoms with E-state index in [9.17, 15) is 10.1 Å². The van der Waals surface area contributed by atoms with Gasteiger partial charge in [-0.25, -0.2) is 9.78 Å². The maximum absolute atomic E-state index is 12.0. The van der Waals surface area contributed by atoms with E-state index in [2.05, 4.69) is 4.98 Å². The highest BCUT2D eigenvalue weighted by Gasteiger charge is 2.23. The van der Waals surface area contributed by atoms with Gasteiger partial charge in [0.25, 0.3) is 0 Å². The van der Waals surface area contributed by atoms with Gasteiger partial charge in [-0.3, -0.25) is 0 Å². The Bertz CT molecular complexity index is 749. The zero-order valence-electron chi connectivity index (χ0n) is 11.5. The van der Waals surface area contributed by atoms with Crippen LogP contribution in [0.4, 0.5) is 5.82 Å². The lowest BCUT2D eigenvalue weighted by Gasteiger charge is -2.14. The lowest BCUT2D eigenvalue weighted by atomic mass is 9.94. The predicted molar refractivity (Wildman–Crippen MR) is 79.9 cm³/mol. The molecule has 0 aliphatic carbocycles. The molecule has 5 nitrogen and oxygen atoms in total. The van der Waals surface area contributed by atoms with Crippen LogP contribution < -0.4 is 5.73 Å². The molecule has 1 aromatic carbocycles. The van der Waals surface area contributed by atoms with Gasteiger partial charge in [0.1, 0.15) is 17.5 Å². The average Bonchev–Trinajstić information content (AvgIpc) is 2.46. The molecule has 0 fully saturated rings. The van der Waals surface area contributed by atoms with E-state index >= 15 is 0 Å². The van der Waals surface area contributed by atoms with Gasteiger partial charge in [-0.15, -0.1) is 0 Å². The number of nitrogens with zero attached hydrogens (tertiary/aromatic N) is 2. The Morgan fingerprint density at radius 3 is 2.52 bits per heavy atom. The van der Waals surface area contributed by atoms with Gasteiger partial charge in [0.15, 0.2) is 0 Å². The number of nitriles is 1. The number of halogens is 1. The molecule has 106 valence electrons. The second-order valence-electron chi connectivity index (χ2n) is 4.32. The summed E-state index contributed by atoms with van der Waals surface area (Å²) in [6.45, 7) is 1.64. The molecular formula is C15H12ClN3O2. The van der Waals surface area contributed by atoms with E-state index in [-0.39, 0.29) is 16.9 Å². The fraction of sp³-hybridized carbons (Fsp3) is 0.133. The Hall–Kier alpha value is -2.58. The number of hydrogen-bond donors (Lipinski definition) is 1. The van der Waals surface area contributed by atoms with Crippen LogP contribution in [-0.2, 0) is 4.74 Å². The van der Waals surface area contributed by atoms with Crippen LogP contribution >= 0.6 is 11.6 Å². The zero-order chi connectivity index (χ0) is 15.6. The molecule has 2 aromatic rings. The first-order valence-electron chi connectivity index (χ1n) is 6.04. The van der Waals surface area contributed by atoms with Crippen molar-refractivity contribution in [3.63, 3.8) is 0 Å². The van der Waals surface area contributed by atoms with Gasteiger partial charge in [-0.1, -0.05) is 23.7 Å². The normalized spacial score (nSPS) is 10.0. The first-order chi connectivity index (χ1) is 9.99. The third kappa shape index (κ3) is 2.67. The highest BCUT2D eigenvalue weighted by Crippen LogP contribution is 2.33. The third-order valence-electron chi connectivity index (χ3n) is 3.04. The monoisotopic (exact) mass is 301 g/mol. The number of methoxy groups -OCH3 is 1. The van der Waals surface area contributed by atoms with Crippen molar-refractivity contribution in [2.75, 3.05) is 12.8 Å². The fourth-order valence-corrected chi connectivity index (χ4v) is 2.22. The number of nitrogens with two attached hydrogens (primary N) is 1. The Morgan fingerprint density at radius 1 is 1.38 bits per heavy atom. The van der Waals surface area contributed by atoms with Crippen LogP contribution in [0.5, 0.6) is 0 Å². The van der Waals surface area contributed by atoms with E-state index in [1.165, 1.54) is 7.11 Å². The largest absolute Gasteiger partial charge is 0.465 e. The van der Waals surface area contributed by atoms with Gasteiger partial charge in [-0.2, -0.15) is 5.26 Å². The summed E-state index contributed by atoms with van der Waals surface area (Å²) in [6, 6.07) is 8.76. The van der Waals surface area contributed by atoms with Crippen LogP contribution in [-0.4, -0.2) is 18.1 Å². The van der Waals surface area contributed by atoms with Gasteiger partial charge in [-0.05, 0) is 24.6 Å². The van der Waals surface area contributed by atoms with E-state index in [0.29, 0.717) is 21.8 Å². The summed E-state index contributed by atoms with van der Waals surface area (Å²) in [7, 11) is 1.27. The van der Waals surface area contributed by atoms with Crippen LogP contribution in [0.1, 0.15) is 21.6 Å². The minimum atomic E-state index is -0.568. The van der Waals surface area contributed by atoms with Crippen molar-refractivity contribution in [1.29, 1.82) is 5.26 Å². The molecule has 0 radical (unpaired) electrons. The summed E-state index contributed by atoms with van der Waals surface area (Å²) in [5, 5.41) is 9.89. The molecule has 6 heteroatoms. The number of esters is 1. The number of aryl methyl sites for hydroxylation is 1. The molecule has 2 rings (SSSR count). The first kappa shape index (κ1) is 14.8. The van der Waals surface area contributed by atoms with E-state index in [1.807, 2.05) is 6.07 Å². The highest BCUT2D eigenvalue weighted by atomic mass is 35.5. The Balaban J connectivity index is 2.86. The van der Waals surface area contributed by atoms with Crippen molar-refractivity contribution in [2.24, 2.45) is 0 Å². The Morgan fingerprint density at radius 2 is 2.00 bits per heavy atom. The predicted octanol–water partition coefficient (Wildman–Crippen LogP) is 2.95. The summed E-state index contributed by atoms with van der Waals surface area (Å²) < 4.78 is 4.79. The number of aromatic nitrogens is 1. The standard InChI is InChI=1S/C15H12ClN3O2/c1-8-12(15(20)21-2)13(11(7-17)14(18)19-8)9-3-5-10(16)6-4-9/h3-6H,1-2H3,(H2,18,19). The number of rotatable bonds is 2. The lowest BCUT2D eigenvalue weighted by molar-refractivity contribution is 0.0600. The maximum Gasteiger partial charge on any atom is 0.340 e. The van der Waals surface area contributed by atoms with Crippen molar-refractivity contribution in [3.8, 4) is 17.2 Å². The van der Waals surface area contributed by atoms with Gasteiger partial charge in [0.2, 0.25) is 0 Å². The zero-order valence-corrected chi connectivity index (χ0v) is 12.2. The van der Waals surface area contributed by atoms with Gasteiger partial charge in [0, 0.05) is 10.6 Å². The second-order valence-corrected chi connectivity index (χ2v) is 4.75. The quantitative estimate of drug-likeness (QED) is 0.861. The molecule has 0 atom stereocenters. The molecule has 21 heavy (non-hydrogen) atoms. The fourth-order valence-electron chi connectivity index (χ4n) is 2.10. The number of hydrogen-bond acceptors (Lipinski definition) is 5. The molecule has 2 N–H and O–H groups in total. The minimum Gasteiger partial charge on any atom is -0.465 e. The Kier molecular flexibility index (Phi) is 4.10. The number of carbonyl (C=O) groups is 1. The molecule has 0 aliphatic heterocycles. The van der Waals surface area contributed by atoms with Crippen molar-refractivity contribution in [1.82, 2.24) is 4.98 Å². The molecule has 1 aromatic heterocycles. The molecule has 0 saturated carbocycles. The van der Waals surface area contributed by atoms with E-state index in [0.717, 1.165) is 0 Å². The minimum absolute atomic E-state index is 0.0765. The number of nitrogen functional groups attached to an aromatic ring is 1. The van der Waals surface area contributed by atoms with Crippen molar-refractivity contribution < 1.29 is 9.53 Å². The van der Waals surface area contributed by atoms with Gasteiger partial charge < -0.3 is 10.5 Å². The number of pyridine rings is 1. The number of anilines is 1. The van der Waals surface area contributed by atoms with Crippen LogP contribution in [0, 0.1) is 18.3 Å². The van der Waals surface area contributed by atoms with Crippen LogP contribution in [0.15, 0.2) is 24.3 Å². The summed E-state index contributed by atoms with van der Waals surface area (Å²) >= 11 is 5.87. The molecule has 0 unspecified atom stereocenters. The van der Waals surface area contributed by atoms with E-state index in [1.54, 1.807) is 31.2 Å². The van der Waals surface area contributed by atoms with Crippen molar-refractivity contribution >= 4 is 23.4 Å². The van der Waals surface area contributed by atoms with Gasteiger partial charge >= 0.3 is 5.97 Å². The van der Waals surface area contributed by atoms with Crippen LogP contribution in [0.3, 0.4) is 0 Å². The van der Waals surface area contributed by atoms with E-state index in [4.69, 9.17) is 22.1 Å². The second kappa shape index (κ2) is 5.81. The molecule has 0 bridgehead atoms. The molecule has 1 heterocycles. The SMILES string of the molecule is COC(=O)c1c(C)nc(N)c(C#N)c1-c1ccc(Cl)cc1. The molecule has 0 amide bonds. The van der Waals surface area contributed by atoms with Crippen LogP contribution in [0.2, 0.25) is 5.02 Å². The summed E-state index contributed by atoms with van der Waals surface area (Å²) in [5.74, 6) is -0.492.